The number of halogens is 1. The Bertz CT molecular complexity index is 707. The Kier molecular flexibility index (Phi) is 4.37. The number of nitrogens with zero attached hydrogens (tertiary/aromatic N) is 2. The number of carboxylic acids is 1. The van der Waals surface area contributed by atoms with Gasteiger partial charge in [-0.2, -0.15) is 5.10 Å². The number of aromatic amines is 1. The second-order valence-electron chi connectivity index (χ2n) is 5.40. The van der Waals surface area contributed by atoms with Crippen LogP contribution in [-0.4, -0.2) is 44.7 Å². The largest absolute Gasteiger partial charge is 0.480 e. The molecule has 0 atom stereocenters. The van der Waals surface area contributed by atoms with E-state index in [9.17, 15) is 14.7 Å². The summed E-state index contributed by atoms with van der Waals surface area (Å²) in [6.07, 6.45) is 0. The maximum absolute atomic E-state index is 12.4. The number of amides is 1. The molecule has 1 aromatic heterocycles. The summed E-state index contributed by atoms with van der Waals surface area (Å²) < 4.78 is 0.950. The molecule has 116 valence electrons. The molecule has 7 heteroatoms. The van der Waals surface area contributed by atoms with E-state index in [0.29, 0.717) is 5.69 Å². The summed E-state index contributed by atoms with van der Waals surface area (Å²) in [5.74, 6) is -1.50. The highest BCUT2D eigenvalue weighted by molar-refractivity contribution is 9.10. The fourth-order valence-corrected chi connectivity index (χ4v) is 2.04. The fourth-order valence-electron chi connectivity index (χ4n) is 1.78. The number of aliphatic carboxylic acids is 1. The molecule has 1 amide bonds. The predicted molar refractivity (Wildman–Crippen MR) is 85.5 cm³/mol. The maximum atomic E-state index is 12.4. The molecule has 0 unspecified atom stereocenters. The van der Waals surface area contributed by atoms with Crippen molar-refractivity contribution < 1.29 is 14.7 Å². The van der Waals surface area contributed by atoms with E-state index in [-0.39, 0.29) is 5.69 Å². The summed E-state index contributed by atoms with van der Waals surface area (Å²) in [6, 6.07) is 9.12. The van der Waals surface area contributed by atoms with Gasteiger partial charge in [0.1, 0.15) is 11.2 Å². The lowest BCUT2D eigenvalue weighted by Gasteiger charge is -2.30. The summed E-state index contributed by atoms with van der Waals surface area (Å²) in [5, 5.41) is 16.0. The minimum atomic E-state index is -1.31. The highest BCUT2D eigenvalue weighted by atomic mass is 79.9. The van der Waals surface area contributed by atoms with Crippen molar-refractivity contribution in [1.82, 2.24) is 15.1 Å². The minimum Gasteiger partial charge on any atom is -0.480 e. The van der Waals surface area contributed by atoms with Gasteiger partial charge in [-0.1, -0.05) is 28.1 Å². The van der Waals surface area contributed by atoms with E-state index in [1.807, 2.05) is 24.3 Å². The van der Waals surface area contributed by atoms with Gasteiger partial charge in [0, 0.05) is 17.1 Å². The lowest BCUT2D eigenvalue weighted by Crippen LogP contribution is -2.50. The van der Waals surface area contributed by atoms with Gasteiger partial charge in [0.05, 0.1) is 5.69 Å². The van der Waals surface area contributed by atoms with Gasteiger partial charge in [-0.3, -0.25) is 9.89 Å². The van der Waals surface area contributed by atoms with Gasteiger partial charge >= 0.3 is 5.97 Å². The molecular weight excluding hydrogens is 350 g/mol. The van der Waals surface area contributed by atoms with E-state index in [0.717, 1.165) is 10.0 Å². The number of carbonyl (C=O) groups excluding carboxylic acids is 1. The van der Waals surface area contributed by atoms with Crippen LogP contribution in [0.1, 0.15) is 24.3 Å². The first-order valence-electron chi connectivity index (χ1n) is 6.56. The lowest BCUT2D eigenvalue weighted by molar-refractivity contribution is -0.147. The van der Waals surface area contributed by atoms with Gasteiger partial charge in [0.15, 0.2) is 0 Å². The van der Waals surface area contributed by atoms with Crippen LogP contribution in [0, 0.1) is 0 Å². The Labute approximate surface area is 136 Å². The van der Waals surface area contributed by atoms with Gasteiger partial charge < -0.3 is 10.0 Å². The minimum absolute atomic E-state index is 0.245. The number of carbonyl (C=O) groups is 2. The van der Waals surface area contributed by atoms with Gasteiger partial charge in [-0.25, -0.2) is 4.79 Å². The van der Waals surface area contributed by atoms with Crippen molar-refractivity contribution in [2.45, 2.75) is 19.4 Å². The van der Waals surface area contributed by atoms with Crippen LogP contribution in [0.25, 0.3) is 11.3 Å². The zero-order chi connectivity index (χ0) is 16.5. The van der Waals surface area contributed by atoms with E-state index in [2.05, 4.69) is 26.1 Å². The van der Waals surface area contributed by atoms with Crippen molar-refractivity contribution in [1.29, 1.82) is 0 Å². The van der Waals surface area contributed by atoms with Crippen LogP contribution in [0.4, 0.5) is 0 Å². The van der Waals surface area contributed by atoms with Crippen LogP contribution in [0.5, 0.6) is 0 Å². The molecule has 0 saturated heterocycles. The van der Waals surface area contributed by atoms with Crippen molar-refractivity contribution in [3.05, 3.63) is 40.5 Å². The lowest BCUT2D eigenvalue weighted by atomic mass is 10.0. The smallest absolute Gasteiger partial charge is 0.329 e. The first kappa shape index (κ1) is 16.2. The standard InChI is InChI=1S/C15H16BrN3O3/c1-15(2,14(21)22)19(3)13(20)12-8-11(17-18-12)9-4-6-10(16)7-5-9/h4-8H,1-3H3,(H,17,18)(H,21,22). The fraction of sp³-hybridized carbons (Fsp3) is 0.267. The number of carboxylic acid groups (broad SMARTS) is 1. The number of nitrogens with one attached hydrogen (secondary N) is 1. The molecule has 2 aromatic rings. The van der Waals surface area contributed by atoms with Crippen LogP contribution >= 0.6 is 15.9 Å². The third-order valence-corrected chi connectivity index (χ3v) is 4.14. The van der Waals surface area contributed by atoms with Gasteiger partial charge in [-0.05, 0) is 32.0 Å². The Morgan fingerprint density at radius 1 is 1.27 bits per heavy atom. The molecule has 6 nitrogen and oxygen atoms in total. The van der Waals surface area contributed by atoms with Crippen molar-refractivity contribution >= 4 is 27.8 Å². The normalized spacial score (nSPS) is 11.3. The zero-order valence-electron chi connectivity index (χ0n) is 12.4. The molecule has 1 heterocycles. The van der Waals surface area contributed by atoms with Crippen molar-refractivity contribution in [2.24, 2.45) is 0 Å². The van der Waals surface area contributed by atoms with Gasteiger partial charge in [0.25, 0.3) is 5.91 Å². The van der Waals surface area contributed by atoms with Crippen molar-refractivity contribution in [3.63, 3.8) is 0 Å². The number of benzene rings is 1. The van der Waals surface area contributed by atoms with Crippen LogP contribution < -0.4 is 0 Å². The molecule has 0 aliphatic carbocycles. The topological polar surface area (TPSA) is 86.3 Å². The Morgan fingerprint density at radius 3 is 2.41 bits per heavy atom. The van der Waals surface area contributed by atoms with Gasteiger partial charge in [-0.15, -0.1) is 0 Å². The quantitative estimate of drug-likeness (QED) is 0.871. The zero-order valence-corrected chi connectivity index (χ0v) is 14.0. The number of likely N-dealkylation sites (N-methyl/N-ethyl adjacent to an activating group) is 1. The van der Waals surface area contributed by atoms with Crippen LogP contribution in [0.15, 0.2) is 34.8 Å². The molecule has 0 bridgehead atoms. The van der Waals surface area contributed by atoms with Gasteiger partial charge in [0.2, 0.25) is 0 Å². The van der Waals surface area contributed by atoms with Crippen LogP contribution in [0.2, 0.25) is 0 Å². The SMILES string of the molecule is CN(C(=O)c1cc(-c2ccc(Br)cc2)n[nH]1)C(C)(C)C(=O)O. The monoisotopic (exact) mass is 365 g/mol. The highest BCUT2D eigenvalue weighted by Crippen LogP contribution is 2.22. The number of H-pyrrole nitrogens is 1. The van der Waals surface area contributed by atoms with Crippen molar-refractivity contribution in [2.75, 3.05) is 7.05 Å². The molecule has 0 fully saturated rings. The molecule has 0 saturated carbocycles. The van der Waals surface area contributed by atoms with Crippen molar-refractivity contribution in [3.8, 4) is 11.3 Å². The predicted octanol–water partition coefficient (Wildman–Crippen LogP) is 2.77. The van der Waals surface area contributed by atoms with E-state index in [1.54, 1.807) is 6.07 Å². The Hall–Kier alpha value is -2.15. The van der Waals surface area contributed by atoms with E-state index < -0.39 is 17.4 Å². The van der Waals surface area contributed by atoms with Crippen LogP contribution in [0.3, 0.4) is 0 Å². The number of hydrogen-bond donors (Lipinski definition) is 2. The first-order valence-corrected chi connectivity index (χ1v) is 7.35. The first-order chi connectivity index (χ1) is 10.2. The average Bonchev–Trinajstić information content (AvgIpc) is 2.96. The van der Waals surface area contributed by atoms with Crippen LogP contribution in [-0.2, 0) is 4.79 Å². The number of aromatic nitrogens is 2. The molecular formula is C15H16BrN3O3. The summed E-state index contributed by atoms with van der Waals surface area (Å²) in [5.41, 5.74) is 0.422. The second kappa shape index (κ2) is 5.92. The average molecular weight is 366 g/mol. The Morgan fingerprint density at radius 2 is 1.86 bits per heavy atom. The molecule has 2 N–H and O–H groups in total. The third-order valence-electron chi connectivity index (χ3n) is 3.61. The molecule has 0 aliphatic heterocycles. The van der Waals surface area contributed by atoms with E-state index in [1.165, 1.54) is 25.8 Å². The molecule has 0 aliphatic rings. The maximum Gasteiger partial charge on any atom is 0.329 e. The summed E-state index contributed by atoms with van der Waals surface area (Å²) in [4.78, 5) is 24.8. The summed E-state index contributed by atoms with van der Waals surface area (Å²) in [6.45, 7) is 2.94. The molecule has 1 aromatic carbocycles. The number of rotatable bonds is 4. The third kappa shape index (κ3) is 3.04. The highest BCUT2D eigenvalue weighted by Gasteiger charge is 2.36. The summed E-state index contributed by atoms with van der Waals surface area (Å²) in [7, 11) is 1.45. The summed E-state index contributed by atoms with van der Waals surface area (Å²) >= 11 is 3.36. The molecule has 0 spiro atoms. The second-order valence-corrected chi connectivity index (χ2v) is 6.32. The van der Waals surface area contributed by atoms with E-state index >= 15 is 0 Å². The molecule has 0 radical (unpaired) electrons. The molecule has 22 heavy (non-hydrogen) atoms. The Balaban J connectivity index is 2.26. The molecule has 2 rings (SSSR count). The number of hydrogen-bond acceptors (Lipinski definition) is 3. The van der Waals surface area contributed by atoms with E-state index in [4.69, 9.17) is 0 Å².